The molecule has 0 aliphatic rings. The molecule has 0 saturated heterocycles. The molecule has 186 valence electrons. The minimum atomic E-state index is 0.928. The maximum Gasteiger partial charge on any atom is 0.135 e. The molecule has 0 unspecified atom stereocenters. The molecule has 9 aromatic rings. The van der Waals surface area contributed by atoms with E-state index >= 15 is 0 Å². The molecule has 7 aromatic carbocycles. The second kappa shape index (κ2) is 8.29. The minimum Gasteiger partial charge on any atom is -0.464 e. The number of furan rings is 1. The summed E-state index contributed by atoms with van der Waals surface area (Å²) in [6, 6.07) is 46.3. The summed E-state index contributed by atoms with van der Waals surface area (Å²) >= 11 is 1.88. The average molecular weight is 527 g/mol. The maximum absolute atomic E-state index is 6.08. The van der Waals surface area contributed by atoms with Crippen LogP contribution in [0.1, 0.15) is 0 Å². The number of rotatable bonds is 2. The molecule has 0 spiro atoms. The molecule has 0 aliphatic heterocycles. The van der Waals surface area contributed by atoms with Gasteiger partial charge in [-0.3, -0.25) is 0 Å². The van der Waals surface area contributed by atoms with Gasteiger partial charge in [0.1, 0.15) is 5.58 Å². The number of thiophene rings is 1. The lowest BCUT2D eigenvalue weighted by molar-refractivity contribution is 0.616. The fourth-order valence-corrected chi connectivity index (χ4v) is 7.91. The molecule has 40 heavy (non-hydrogen) atoms. The third-order valence-corrected chi connectivity index (χ3v) is 9.55. The predicted molar refractivity (Wildman–Crippen MR) is 172 cm³/mol. The molecule has 0 saturated carbocycles. The van der Waals surface area contributed by atoms with Crippen molar-refractivity contribution in [2.45, 2.75) is 0 Å². The Hall–Kier alpha value is -4.92. The molecule has 0 radical (unpaired) electrons. The van der Waals surface area contributed by atoms with Gasteiger partial charge >= 0.3 is 0 Å². The zero-order valence-electron chi connectivity index (χ0n) is 21.5. The first-order chi connectivity index (χ1) is 19.9. The van der Waals surface area contributed by atoms with E-state index < -0.39 is 0 Å². The van der Waals surface area contributed by atoms with E-state index in [0.29, 0.717) is 0 Å². The highest BCUT2D eigenvalue weighted by molar-refractivity contribution is 7.26. The summed E-state index contributed by atoms with van der Waals surface area (Å²) in [5.41, 5.74) is 6.03. The van der Waals surface area contributed by atoms with Gasteiger partial charge in [-0.2, -0.15) is 0 Å². The van der Waals surface area contributed by atoms with E-state index in [0.717, 1.165) is 11.0 Å². The Morgan fingerprint density at radius 3 is 1.77 bits per heavy atom. The van der Waals surface area contributed by atoms with Gasteiger partial charge in [-0.15, -0.1) is 11.3 Å². The highest BCUT2D eigenvalue weighted by Crippen LogP contribution is 2.51. The Morgan fingerprint density at radius 1 is 0.425 bits per heavy atom. The molecule has 0 aliphatic carbocycles. The molecule has 1 nitrogen and oxygen atoms in total. The number of fused-ring (bicyclic) bond motifs is 7. The van der Waals surface area contributed by atoms with Gasteiger partial charge in [0.2, 0.25) is 0 Å². The smallest absolute Gasteiger partial charge is 0.135 e. The summed E-state index contributed by atoms with van der Waals surface area (Å²) < 4.78 is 8.68. The summed E-state index contributed by atoms with van der Waals surface area (Å²) in [5, 5.41) is 11.3. The average Bonchev–Trinajstić information content (AvgIpc) is 3.63. The fourth-order valence-electron chi connectivity index (χ4n) is 6.67. The highest BCUT2D eigenvalue weighted by Gasteiger charge is 2.22. The van der Waals surface area contributed by atoms with Crippen molar-refractivity contribution in [3.8, 4) is 22.3 Å². The van der Waals surface area contributed by atoms with Gasteiger partial charge < -0.3 is 4.42 Å². The molecule has 0 fully saturated rings. The number of hydrogen-bond acceptors (Lipinski definition) is 2. The van der Waals surface area contributed by atoms with Gasteiger partial charge in [-0.1, -0.05) is 109 Å². The minimum absolute atomic E-state index is 0.928. The Balaban J connectivity index is 1.52. The molecule has 2 aromatic heterocycles. The second-order valence-corrected chi connectivity index (χ2v) is 11.5. The number of benzene rings is 7. The molecule has 2 heteroatoms. The van der Waals surface area contributed by atoms with Crippen molar-refractivity contribution in [2.75, 3.05) is 0 Å². The molecule has 2 heterocycles. The Morgan fingerprint density at radius 2 is 1.02 bits per heavy atom. The van der Waals surface area contributed by atoms with Crippen LogP contribution in [0.3, 0.4) is 0 Å². The first kappa shape index (κ1) is 22.0. The first-order valence-electron chi connectivity index (χ1n) is 13.6. The lowest BCUT2D eigenvalue weighted by Gasteiger charge is -2.19. The van der Waals surface area contributed by atoms with Crippen LogP contribution in [0.5, 0.6) is 0 Å². The van der Waals surface area contributed by atoms with Crippen LogP contribution in [-0.2, 0) is 0 Å². The normalized spacial score (nSPS) is 12.0. The van der Waals surface area contributed by atoms with E-state index in [-0.39, 0.29) is 0 Å². The first-order valence-corrected chi connectivity index (χ1v) is 14.4. The molecular weight excluding hydrogens is 504 g/mol. The van der Waals surface area contributed by atoms with Crippen LogP contribution in [0.2, 0.25) is 0 Å². The lowest BCUT2D eigenvalue weighted by Crippen LogP contribution is -1.92. The van der Waals surface area contributed by atoms with Crippen molar-refractivity contribution < 1.29 is 4.42 Å². The summed E-state index contributed by atoms with van der Waals surface area (Å²) in [6.07, 6.45) is 1.83. The van der Waals surface area contributed by atoms with Crippen LogP contribution in [0.4, 0.5) is 0 Å². The monoisotopic (exact) mass is 526 g/mol. The quantitative estimate of drug-likeness (QED) is 0.204. The highest BCUT2D eigenvalue weighted by atomic mass is 32.1. The largest absolute Gasteiger partial charge is 0.464 e. The third-order valence-electron chi connectivity index (χ3n) is 8.34. The summed E-state index contributed by atoms with van der Waals surface area (Å²) in [6.45, 7) is 0. The van der Waals surface area contributed by atoms with Crippen molar-refractivity contribution >= 4 is 74.8 Å². The van der Waals surface area contributed by atoms with E-state index in [1.54, 1.807) is 0 Å². The molecule has 9 rings (SSSR count). The summed E-state index contributed by atoms with van der Waals surface area (Å²) in [7, 11) is 0. The molecular formula is C38H22OS. The van der Waals surface area contributed by atoms with Crippen LogP contribution < -0.4 is 0 Å². The van der Waals surface area contributed by atoms with Crippen LogP contribution in [0, 0.1) is 0 Å². The van der Waals surface area contributed by atoms with E-state index in [4.69, 9.17) is 4.42 Å². The van der Waals surface area contributed by atoms with E-state index in [9.17, 15) is 0 Å². The van der Waals surface area contributed by atoms with Gasteiger partial charge in [0.15, 0.2) is 0 Å². The molecule has 0 N–H and O–H groups in total. The van der Waals surface area contributed by atoms with Crippen LogP contribution in [0.15, 0.2) is 138 Å². The Bertz CT molecular complexity index is 2380. The lowest BCUT2D eigenvalue weighted by atomic mass is 9.84. The van der Waals surface area contributed by atoms with E-state index in [2.05, 4.69) is 127 Å². The zero-order valence-corrected chi connectivity index (χ0v) is 22.3. The second-order valence-electron chi connectivity index (χ2n) is 10.4. The van der Waals surface area contributed by atoms with Crippen LogP contribution >= 0.6 is 11.3 Å². The van der Waals surface area contributed by atoms with Crippen LogP contribution in [-0.4, -0.2) is 0 Å². The van der Waals surface area contributed by atoms with Gasteiger partial charge in [-0.25, -0.2) is 0 Å². The standard InChI is InChI=1S/C38H22OS/c1-2-12-24-23(10-1)11-9-18-26(24)35-27-14-3-5-16-29(27)36(30-17-6-4-15-28(30)35)37-31-20-21-39-33(31)22-32-25-13-7-8-19-34(25)40-38(32)37/h1-22H. The van der Waals surface area contributed by atoms with Gasteiger partial charge in [0.25, 0.3) is 0 Å². The number of hydrogen-bond donors (Lipinski definition) is 0. The molecule has 0 amide bonds. The Kier molecular flexibility index (Phi) is 4.55. The Labute approximate surface area is 234 Å². The summed E-state index contributed by atoms with van der Waals surface area (Å²) in [4.78, 5) is 0. The van der Waals surface area contributed by atoms with Crippen molar-refractivity contribution in [3.63, 3.8) is 0 Å². The van der Waals surface area contributed by atoms with Crippen molar-refractivity contribution in [1.29, 1.82) is 0 Å². The molecule has 0 atom stereocenters. The topological polar surface area (TPSA) is 13.1 Å². The van der Waals surface area contributed by atoms with Gasteiger partial charge in [0, 0.05) is 31.1 Å². The maximum atomic E-state index is 6.08. The summed E-state index contributed by atoms with van der Waals surface area (Å²) in [5.74, 6) is 0. The third kappa shape index (κ3) is 2.97. The van der Waals surface area contributed by atoms with E-state index in [1.165, 1.54) is 74.7 Å². The van der Waals surface area contributed by atoms with Crippen molar-refractivity contribution in [2.24, 2.45) is 0 Å². The predicted octanol–water partition coefficient (Wildman–Crippen LogP) is 11.6. The van der Waals surface area contributed by atoms with Crippen LogP contribution in [0.25, 0.3) is 85.7 Å². The fraction of sp³-hybridized carbons (Fsp3) is 0. The van der Waals surface area contributed by atoms with E-state index in [1.807, 2.05) is 17.6 Å². The van der Waals surface area contributed by atoms with Crippen molar-refractivity contribution in [3.05, 3.63) is 134 Å². The van der Waals surface area contributed by atoms with Crippen molar-refractivity contribution in [1.82, 2.24) is 0 Å². The van der Waals surface area contributed by atoms with Gasteiger partial charge in [-0.05, 0) is 67.2 Å². The van der Waals surface area contributed by atoms with Gasteiger partial charge in [0.05, 0.1) is 6.26 Å². The zero-order chi connectivity index (χ0) is 26.2. The SMILES string of the molecule is c1ccc2c(-c3c4ccccc4c(-c4c5ccoc5cc5c4sc4ccccc45)c4ccccc34)cccc2c1. The molecule has 0 bridgehead atoms.